The number of nitrogens with one attached hydrogen (secondary N) is 1. The van der Waals surface area contributed by atoms with Crippen LogP contribution in [0.2, 0.25) is 0 Å². The summed E-state index contributed by atoms with van der Waals surface area (Å²) >= 11 is 4.19. The van der Waals surface area contributed by atoms with E-state index in [2.05, 4.69) is 56.1 Å². The van der Waals surface area contributed by atoms with Crippen molar-refractivity contribution in [1.82, 2.24) is 0 Å². The number of benzene rings is 1. The Morgan fingerprint density at radius 1 is 1.29 bits per heavy atom. The molecule has 1 aromatic rings. The maximum atomic E-state index is 4.19. The Morgan fingerprint density at radius 3 is 2.64 bits per heavy atom. The van der Waals surface area contributed by atoms with Gasteiger partial charge in [-0.05, 0) is 29.7 Å². The molecule has 0 unspecified atom stereocenters. The van der Waals surface area contributed by atoms with E-state index in [9.17, 15) is 0 Å². The normalized spacial score (nSPS) is 10.6. The summed E-state index contributed by atoms with van der Waals surface area (Å²) in [6.07, 6.45) is 1.11. The molecule has 0 saturated carbocycles. The third-order valence-electron chi connectivity index (χ3n) is 2.23. The molecule has 78 valence electrons. The van der Waals surface area contributed by atoms with Gasteiger partial charge in [-0.25, -0.2) is 0 Å². The maximum Gasteiger partial charge on any atom is 0.0375 e. The first-order valence-corrected chi connectivity index (χ1v) is 5.82. The monoisotopic (exact) mass is 209 g/mol. The van der Waals surface area contributed by atoms with Crippen LogP contribution in [0.1, 0.15) is 31.7 Å². The van der Waals surface area contributed by atoms with Crippen LogP contribution in [0.5, 0.6) is 0 Å². The van der Waals surface area contributed by atoms with Crippen molar-refractivity contribution in [3.05, 3.63) is 29.8 Å². The zero-order valence-electron chi connectivity index (χ0n) is 8.96. The quantitative estimate of drug-likeness (QED) is 0.558. The number of thiol groups is 1. The van der Waals surface area contributed by atoms with E-state index in [-0.39, 0.29) is 0 Å². The molecule has 0 aliphatic heterocycles. The molecule has 0 aromatic heterocycles. The first kappa shape index (κ1) is 11.4. The van der Waals surface area contributed by atoms with Crippen molar-refractivity contribution in [1.29, 1.82) is 0 Å². The van der Waals surface area contributed by atoms with Gasteiger partial charge in [-0.15, -0.1) is 0 Å². The summed E-state index contributed by atoms with van der Waals surface area (Å²) in [6, 6.07) is 8.51. The number of anilines is 1. The predicted molar refractivity (Wildman–Crippen MR) is 67.5 cm³/mol. The second-order valence-electron chi connectivity index (χ2n) is 3.75. The molecular weight excluding hydrogens is 190 g/mol. The summed E-state index contributed by atoms with van der Waals surface area (Å²) in [5.74, 6) is 1.52. The van der Waals surface area contributed by atoms with Gasteiger partial charge in [0.15, 0.2) is 0 Å². The highest BCUT2D eigenvalue weighted by molar-refractivity contribution is 7.80. The van der Waals surface area contributed by atoms with Crippen LogP contribution in [0.15, 0.2) is 24.3 Å². The molecule has 0 aliphatic carbocycles. The molecule has 0 spiro atoms. The second kappa shape index (κ2) is 5.97. The molecule has 0 fully saturated rings. The third kappa shape index (κ3) is 3.26. The molecule has 1 aromatic carbocycles. The van der Waals surface area contributed by atoms with Gasteiger partial charge in [-0.1, -0.05) is 32.0 Å². The lowest BCUT2D eigenvalue weighted by atomic mass is 10.0. The van der Waals surface area contributed by atoms with Crippen LogP contribution in [0, 0.1) is 0 Å². The van der Waals surface area contributed by atoms with E-state index in [1.165, 1.54) is 11.3 Å². The minimum absolute atomic E-state index is 0.578. The Morgan fingerprint density at radius 2 is 2.00 bits per heavy atom. The average Bonchev–Trinajstić information content (AvgIpc) is 2.19. The molecule has 1 N–H and O–H groups in total. The van der Waals surface area contributed by atoms with E-state index < -0.39 is 0 Å². The standard InChI is InChI=1S/C12H19NS/c1-10(2)11-6-3-4-7-12(11)13-8-5-9-14/h3-4,6-7,10,13-14H,5,8-9H2,1-2H3. The van der Waals surface area contributed by atoms with Crippen LogP contribution < -0.4 is 5.32 Å². The molecule has 2 heteroatoms. The molecule has 1 rings (SSSR count). The van der Waals surface area contributed by atoms with Crippen LogP contribution in [-0.4, -0.2) is 12.3 Å². The van der Waals surface area contributed by atoms with Crippen molar-refractivity contribution >= 4 is 18.3 Å². The van der Waals surface area contributed by atoms with Crippen LogP contribution in [0.25, 0.3) is 0 Å². The van der Waals surface area contributed by atoms with Gasteiger partial charge in [0, 0.05) is 12.2 Å². The summed E-state index contributed by atoms with van der Waals surface area (Å²) in [5.41, 5.74) is 2.66. The smallest absolute Gasteiger partial charge is 0.0375 e. The molecule has 0 aliphatic rings. The minimum Gasteiger partial charge on any atom is -0.385 e. The second-order valence-corrected chi connectivity index (χ2v) is 4.19. The summed E-state index contributed by atoms with van der Waals surface area (Å²) < 4.78 is 0. The molecule has 0 atom stereocenters. The Hall–Kier alpha value is -0.630. The van der Waals surface area contributed by atoms with Gasteiger partial charge in [0.25, 0.3) is 0 Å². The van der Waals surface area contributed by atoms with Gasteiger partial charge in [0.2, 0.25) is 0 Å². The first-order valence-electron chi connectivity index (χ1n) is 5.19. The van der Waals surface area contributed by atoms with Gasteiger partial charge in [0.05, 0.1) is 0 Å². The Kier molecular flexibility index (Phi) is 4.88. The minimum atomic E-state index is 0.578. The van der Waals surface area contributed by atoms with Gasteiger partial charge in [0.1, 0.15) is 0 Å². The summed E-state index contributed by atoms with van der Waals surface area (Å²) in [6.45, 7) is 5.45. The fourth-order valence-corrected chi connectivity index (χ4v) is 1.62. The van der Waals surface area contributed by atoms with Crippen LogP contribution in [0.4, 0.5) is 5.69 Å². The van der Waals surface area contributed by atoms with Crippen molar-refractivity contribution in [2.45, 2.75) is 26.2 Å². The molecule has 0 radical (unpaired) electrons. The molecule has 0 heterocycles. The lowest BCUT2D eigenvalue weighted by Crippen LogP contribution is -2.05. The molecule has 1 nitrogen and oxygen atoms in total. The molecule has 0 saturated heterocycles. The van der Waals surface area contributed by atoms with Crippen molar-refractivity contribution in [2.75, 3.05) is 17.6 Å². The number of hydrogen-bond acceptors (Lipinski definition) is 2. The summed E-state index contributed by atoms with van der Waals surface area (Å²) in [5, 5.41) is 3.45. The Balaban J connectivity index is 2.64. The van der Waals surface area contributed by atoms with Gasteiger partial charge >= 0.3 is 0 Å². The molecule has 0 bridgehead atoms. The number of rotatable bonds is 5. The van der Waals surface area contributed by atoms with Crippen molar-refractivity contribution in [3.8, 4) is 0 Å². The van der Waals surface area contributed by atoms with Crippen molar-refractivity contribution in [3.63, 3.8) is 0 Å². The lowest BCUT2D eigenvalue weighted by molar-refractivity contribution is 0.863. The Bertz CT molecular complexity index is 271. The van der Waals surface area contributed by atoms with Gasteiger partial charge in [-0.2, -0.15) is 12.6 Å². The fraction of sp³-hybridized carbons (Fsp3) is 0.500. The highest BCUT2D eigenvalue weighted by atomic mass is 32.1. The molecular formula is C12H19NS. The highest BCUT2D eigenvalue weighted by Crippen LogP contribution is 2.23. The van der Waals surface area contributed by atoms with E-state index in [0.29, 0.717) is 5.92 Å². The van der Waals surface area contributed by atoms with Crippen molar-refractivity contribution < 1.29 is 0 Å². The fourth-order valence-electron chi connectivity index (χ4n) is 1.46. The van der Waals surface area contributed by atoms with E-state index in [0.717, 1.165) is 18.7 Å². The first-order chi connectivity index (χ1) is 6.75. The summed E-state index contributed by atoms with van der Waals surface area (Å²) in [7, 11) is 0. The number of hydrogen-bond donors (Lipinski definition) is 2. The molecule has 0 amide bonds. The largest absolute Gasteiger partial charge is 0.385 e. The van der Waals surface area contributed by atoms with Gasteiger partial charge in [-0.3, -0.25) is 0 Å². The van der Waals surface area contributed by atoms with Crippen LogP contribution in [0.3, 0.4) is 0 Å². The van der Waals surface area contributed by atoms with E-state index >= 15 is 0 Å². The lowest BCUT2D eigenvalue weighted by Gasteiger charge is -2.13. The van der Waals surface area contributed by atoms with Crippen molar-refractivity contribution in [2.24, 2.45) is 0 Å². The summed E-state index contributed by atoms with van der Waals surface area (Å²) in [4.78, 5) is 0. The van der Waals surface area contributed by atoms with Gasteiger partial charge < -0.3 is 5.32 Å². The average molecular weight is 209 g/mol. The van der Waals surface area contributed by atoms with Crippen LogP contribution in [-0.2, 0) is 0 Å². The molecule has 14 heavy (non-hydrogen) atoms. The zero-order valence-corrected chi connectivity index (χ0v) is 9.85. The number of para-hydroxylation sites is 1. The third-order valence-corrected chi connectivity index (χ3v) is 2.55. The maximum absolute atomic E-state index is 4.19. The SMILES string of the molecule is CC(C)c1ccccc1NCCCS. The van der Waals surface area contributed by atoms with E-state index in [1.807, 2.05) is 0 Å². The zero-order chi connectivity index (χ0) is 10.4. The highest BCUT2D eigenvalue weighted by Gasteiger charge is 2.03. The topological polar surface area (TPSA) is 12.0 Å². The van der Waals surface area contributed by atoms with E-state index in [1.54, 1.807) is 0 Å². The van der Waals surface area contributed by atoms with E-state index in [4.69, 9.17) is 0 Å². The Labute approximate surface area is 92.3 Å². The predicted octanol–water partition coefficient (Wildman–Crippen LogP) is 3.54. The van der Waals surface area contributed by atoms with Crippen LogP contribution >= 0.6 is 12.6 Å².